The second kappa shape index (κ2) is 4.42. The molecular weight excluding hydrogens is 192 g/mol. The fraction of sp³-hybridized carbons (Fsp3) is 1.00. The molecule has 3 N–H and O–H groups in total. The Hall–Kier alpha value is 0.270. The lowest BCUT2D eigenvalue weighted by Crippen LogP contribution is -2.59. The minimum Gasteiger partial charge on any atom is -0.329 e. The number of nitrogens with two attached hydrogens (primary N) is 1. The first-order valence-electron chi connectivity index (χ1n) is 5.45. The van der Waals surface area contributed by atoms with Crippen molar-refractivity contribution in [1.82, 2.24) is 5.32 Å². The maximum Gasteiger partial charge on any atom is 0.0402 e. The van der Waals surface area contributed by atoms with Crippen LogP contribution in [0.1, 0.15) is 34.1 Å². The van der Waals surface area contributed by atoms with Gasteiger partial charge in [0, 0.05) is 23.9 Å². The van der Waals surface area contributed by atoms with E-state index >= 15 is 0 Å². The molecule has 0 amide bonds. The molecule has 1 unspecified atom stereocenters. The normalized spacial score (nSPS) is 32.1. The molecule has 84 valence electrons. The van der Waals surface area contributed by atoms with Gasteiger partial charge < -0.3 is 11.1 Å². The van der Waals surface area contributed by atoms with E-state index in [1.165, 1.54) is 12.2 Å². The second-order valence-corrected chi connectivity index (χ2v) is 6.60. The number of hydrogen-bond acceptors (Lipinski definition) is 3. The van der Waals surface area contributed by atoms with Crippen molar-refractivity contribution in [3.63, 3.8) is 0 Å². The van der Waals surface area contributed by atoms with Gasteiger partial charge in [0.05, 0.1) is 0 Å². The van der Waals surface area contributed by atoms with E-state index in [0.717, 1.165) is 12.3 Å². The van der Waals surface area contributed by atoms with Crippen molar-refractivity contribution in [2.24, 2.45) is 11.1 Å². The summed E-state index contributed by atoms with van der Waals surface area (Å²) in [6, 6.07) is 0.521. The van der Waals surface area contributed by atoms with E-state index in [2.05, 4.69) is 33.0 Å². The first-order valence-corrected chi connectivity index (χ1v) is 6.60. The molecule has 0 bridgehead atoms. The van der Waals surface area contributed by atoms with Crippen LogP contribution in [0, 0.1) is 5.41 Å². The largest absolute Gasteiger partial charge is 0.329 e. The van der Waals surface area contributed by atoms with Gasteiger partial charge in [-0.05, 0) is 17.6 Å². The molecule has 1 fully saturated rings. The van der Waals surface area contributed by atoms with Crippen LogP contribution in [0.15, 0.2) is 0 Å². The minimum absolute atomic E-state index is 0.167. The van der Waals surface area contributed by atoms with Crippen molar-refractivity contribution in [1.29, 1.82) is 0 Å². The highest BCUT2D eigenvalue weighted by molar-refractivity contribution is 7.99. The summed E-state index contributed by atoms with van der Waals surface area (Å²) >= 11 is 2.03. The Labute approximate surface area is 92.4 Å². The van der Waals surface area contributed by atoms with E-state index in [1.807, 2.05) is 11.8 Å². The molecule has 0 radical (unpaired) electrons. The SMILES string of the molecule is CC(C)NC1(CN)CSCC(C)(C)C1. The van der Waals surface area contributed by atoms with Gasteiger partial charge in [-0.25, -0.2) is 0 Å². The highest BCUT2D eigenvalue weighted by Gasteiger charge is 2.39. The molecule has 1 aliphatic heterocycles. The summed E-state index contributed by atoms with van der Waals surface area (Å²) in [5.74, 6) is 2.42. The number of rotatable bonds is 3. The van der Waals surface area contributed by atoms with Gasteiger partial charge >= 0.3 is 0 Å². The Morgan fingerprint density at radius 2 is 2.00 bits per heavy atom. The van der Waals surface area contributed by atoms with Crippen LogP contribution >= 0.6 is 11.8 Å². The fourth-order valence-corrected chi connectivity index (χ4v) is 3.89. The lowest BCUT2D eigenvalue weighted by molar-refractivity contribution is 0.216. The Kier molecular flexibility index (Phi) is 3.89. The Bertz CT molecular complexity index is 192. The summed E-state index contributed by atoms with van der Waals surface area (Å²) < 4.78 is 0. The molecule has 1 saturated heterocycles. The lowest BCUT2D eigenvalue weighted by atomic mass is 9.79. The van der Waals surface area contributed by atoms with Crippen molar-refractivity contribution >= 4 is 11.8 Å². The van der Waals surface area contributed by atoms with Crippen molar-refractivity contribution in [3.8, 4) is 0 Å². The summed E-state index contributed by atoms with van der Waals surface area (Å²) in [6.45, 7) is 9.83. The molecule has 0 aromatic rings. The van der Waals surface area contributed by atoms with E-state index in [9.17, 15) is 0 Å². The third-order valence-corrected chi connectivity index (χ3v) is 4.42. The van der Waals surface area contributed by atoms with E-state index in [4.69, 9.17) is 5.73 Å². The average Bonchev–Trinajstić information content (AvgIpc) is 2.01. The van der Waals surface area contributed by atoms with Crippen LogP contribution in [-0.2, 0) is 0 Å². The van der Waals surface area contributed by atoms with Crippen molar-refractivity contribution in [2.75, 3.05) is 18.1 Å². The zero-order valence-corrected chi connectivity index (χ0v) is 10.7. The van der Waals surface area contributed by atoms with Crippen molar-refractivity contribution < 1.29 is 0 Å². The standard InChI is InChI=1S/C11H24N2S/c1-9(2)13-11(6-12)5-10(3,4)7-14-8-11/h9,13H,5-8,12H2,1-4H3. The van der Waals surface area contributed by atoms with E-state index in [0.29, 0.717) is 11.5 Å². The van der Waals surface area contributed by atoms with Crippen LogP contribution in [0.2, 0.25) is 0 Å². The van der Waals surface area contributed by atoms with Crippen LogP contribution in [-0.4, -0.2) is 29.6 Å². The predicted octanol–water partition coefficient (Wildman–Crippen LogP) is 1.84. The van der Waals surface area contributed by atoms with Crippen LogP contribution < -0.4 is 11.1 Å². The number of thioether (sulfide) groups is 1. The maximum atomic E-state index is 5.93. The summed E-state index contributed by atoms with van der Waals surface area (Å²) in [7, 11) is 0. The van der Waals surface area contributed by atoms with E-state index in [1.54, 1.807) is 0 Å². The van der Waals surface area contributed by atoms with Gasteiger partial charge in [-0.15, -0.1) is 0 Å². The summed E-state index contributed by atoms with van der Waals surface area (Å²) in [6.07, 6.45) is 1.20. The summed E-state index contributed by atoms with van der Waals surface area (Å²) in [5.41, 5.74) is 6.52. The fourth-order valence-electron chi connectivity index (χ4n) is 2.44. The van der Waals surface area contributed by atoms with Gasteiger partial charge in [0.2, 0.25) is 0 Å². The van der Waals surface area contributed by atoms with Gasteiger partial charge in [-0.1, -0.05) is 27.7 Å². The van der Waals surface area contributed by atoms with Crippen LogP contribution in [0.3, 0.4) is 0 Å². The molecule has 1 rings (SSSR count). The van der Waals surface area contributed by atoms with Gasteiger partial charge in [0.25, 0.3) is 0 Å². The van der Waals surface area contributed by atoms with Crippen molar-refractivity contribution in [3.05, 3.63) is 0 Å². The highest BCUT2D eigenvalue weighted by atomic mass is 32.2. The van der Waals surface area contributed by atoms with Crippen LogP contribution in [0.4, 0.5) is 0 Å². The molecule has 1 heterocycles. The zero-order chi connectivity index (χ0) is 10.8. The molecule has 1 atom stereocenters. The Morgan fingerprint density at radius 1 is 1.36 bits per heavy atom. The lowest BCUT2D eigenvalue weighted by Gasteiger charge is -2.45. The molecule has 0 spiro atoms. The molecule has 0 aromatic heterocycles. The molecule has 3 heteroatoms. The van der Waals surface area contributed by atoms with Crippen LogP contribution in [0.5, 0.6) is 0 Å². The van der Waals surface area contributed by atoms with Gasteiger partial charge in [0.1, 0.15) is 0 Å². The first kappa shape index (κ1) is 12.3. The van der Waals surface area contributed by atoms with Crippen molar-refractivity contribution in [2.45, 2.75) is 45.7 Å². The van der Waals surface area contributed by atoms with Crippen LogP contribution in [0.25, 0.3) is 0 Å². The molecule has 2 nitrogen and oxygen atoms in total. The summed E-state index contributed by atoms with van der Waals surface area (Å²) in [4.78, 5) is 0. The Morgan fingerprint density at radius 3 is 2.43 bits per heavy atom. The van der Waals surface area contributed by atoms with E-state index < -0.39 is 0 Å². The van der Waals surface area contributed by atoms with E-state index in [-0.39, 0.29) is 5.54 Å². The second-order valence-electron chi connectivity index (χ2n) is 5.62. The smallest absolute Gasteiger partial charge is 0.0402 e. The van der Waals surface area contributed by atoms with Gasteiger partial charge in [-0.3, -0.25) is 0 Å². The maximum absolute atomic E-state index is 5.93. The third-order valence-electron chi connectivity index (χ3n) is 2.67. The number of hydrogen-bond donors (Lipinski definition) is 2. The first-order chi connectivity index (χ1) is 6.39. The topological polar surface area (TPSA) is 38.0 Å². The monoisotopic (exact) mass is 216 g/mol. The third kappa shape index (κ3) is 3.14. The average molecular weight is 216 g/mol. The highest BCUT2D eigenvalue weighted by Crippen LogP contribution is 2.38. The summed E-state index contributed by atoms with van der Waals surface area (Å²) in [5, 5.41) is 3.65. The zero-order valence-electron chi connectivity index (χ0n) is 9.89. The number of nitrogens with one attached hydrogen (secondary N) is 1. The molecule has 0 aromatic carbocycles. The molecule has 0 aliphatic carbocycles. The molecule has 1 aliphatic rings. The minimum atomic E-state index is 0.167. The van der Waals surface area contributed by atoms with Gasteiger partial charge in [-0.2, -0.15) is 11.8 Å². The quantitative estimate of drug-likeness (QED) is 0.756. The Balaban J connectivity index is 2.68. The van der Waals surface area contributed by atoms with Gasteiger partial charge in [0.15, 0.2) is 0 Å². The molecule has 14 heavy (non-hydrogen) atoms. The molecule has 0 saturated carbocycles. The predicted molar refractivity (Wildman–Crippen MR) is 65.8 cm³/mol. The molecular formula is C11H24N2S.